The molecule has 6 heteroatoms. The average molecular weight is 373 g/mol. The van der Waals surface area contributed by atoms with Gasteiger partial charge >= 0.3 is 0 Å². The van der Waals surface area contributed by atoms with E-state index >= 15 is 0 Å². The van der Waals surface area contributed by atoms with Crippen LogP contribution in [0.2, 0.25) is 0 Å². The maximum atomic E-state index is 12.0. The molecule has 0 aromatic heterocycles. The van der Waals surface area contributed by atoms with Gasteiger partial charge in [-0.2, -0.15) is 8.42 Å². The van der Waals surface area contributed by atoms with Gasteiger partial charge in [0.2, 0.25) is 0 Å². The molecule has 1 aromatic rings. The average Bonchev–Trinajstić information content (AvgIpc) is 2.76. The molecule has 2 rings (SSSR count). The maximum absolute atomic E-state index is 12.0. The molecule has 0 saturated carbocycles. The van der Waals surface area contributed by atoms with Gasteiger partial charge in [-0.05, 0) is 54.2 Å². The number of carbonyl (C=O) groups excluding carboxylic acids is 1. The van der Waals surface area contributed by atoms with Gasteiger partial charge in [0.15, 0.2) is 5.78 Å². The molecule has 0 radical (unpaired) electrons. The first-order chi connectivity index (χ1) is 9.90. The lowest BCUT2D eigenvalue weighted by Crippen LogP contribution is -2.07. The predicted octanol–water partition coefficient (Wildman–Crippen LogP) is 3.49. The quantitative estimate of drug-likeness (QED) is 0.566. The van der Waals surface area contributed by atoms with Crippen molar-refractivity contribution >= 4 is 31.8 Å². The van der Waals surface area contributed by atoms with E-state index in [9.17, 15) is 13.2 Å². The van der Waals surface area contributed by atoms with Gasteiger partial charge in [-0.15, -0.1) is 0 Å². The Kier molecular flexibility index (Phi) is 5.35. The second-order valence-electron chi connectivity index (χ2n) is 5.03. The van der Waals surface area contributed by atoms with Crippen LogP contribution in [0.5, 0.6) is 0 Å². The zero-order chi connectivity index (χ0) is 15.5. The molecule has 1 aliphatic carbocycles. The number of ketones is 1. The van der Waals surface area contributed by atoms with Gasteiger partial charge in [-0.3, -0.25) is 8.98 Å². The van der Waals surface area contributed by atoms with Crippen LogP contribution >= 0.6 is 15.9 Å². The summed E-state index contributed by atoms with van der Waals surface area (Å²) in [7, 11) is -3.69. The van der Waals surface area contributed by atoms with E-state index in [1.165, 1.54) is 0 Å². The SMILES string of the molecule is Cc1ccc(S(=O)(=O)OCCCC2=C(Br)C(=O)CC2)cc1. The summed E-state index contributed by atoms with van der Waals surface area (Å²) < 4.78 is 29.6. The molecule has 0 fully saturated rings. The fraction of sp³-hybridized carbons (Fsp3) is 0.400. The van der Waals surface area contributed by atoms with Crippen molar-refractivity contribution in [2.45, 2.75) is 37.5 Å². The van der Waals surface area contributed by atoms with Gasteiger partial charge in [0.05, 0.1) is 16.0 Å². The molecular formula is C15H17BrO4S. The second-order valence-corrected chi connectivity index (χ2v) is 7.44. The van der Waals surface area contributed by atoms with Crippen molar-refractivity contribution in [1.82, 2.24) is 0 Å². The van der Waals surface area contributed by atoms with Crippen molar-refractivity contribution in [3.8, 4) is 0 Å². The molecule has 0 aliphatic heterocycles. The van der Waals surface area contributed by atoms with E-state index in [-0.39, 0.29) is 17.3 Å². The van der Waals surface area contributed by atoms with E-state index in [0.29, 0.717) is 23.7 Å². The molecule has 114 valence electrons. The molecule has 4 nitrogen and oxygen atoms in total. The number of hydrogen-bond acceptors (Lipinski definition) is 4. The topological polar surface area (TPSA) is 60.4 Å². The van der Waals surface area contributed by atoms with Crippen LogP contribution < -0.4 is 0 Å². The second kappa shape index (κ2) is 6.85. The van der Waals surface area contributed by atoms with Crippen molar-refractivity contribution in [2.75, 3.05) is 6.61 Å². The summed E-state index contributed by atoms with van der Waals surface area (Å²) in [6, 6.07) is 6.56. The molecule has 1 aliphatic rings. The largest absolute Gasteiger partial charge is 0.296 e. The first-order valence-corrected chi connectivity index (χ1v) is 8.97. The Morgan fingerprint density at radius 2 is 1.86 bits per heavy atom. The third-order valence-corrected chi connectivity index (χ3v) is 5.71. The monoisotopic (exact) mass is 372 g/mol. The van der Waals surface area contributed by atoms with Crippen LogP contribution in [0.4, 0.5) is 0 Å². The molecule has 0 heterocycles. The minimum atomic E-state index is -3.69. The molecule has 1 aromatic carbocycles. The van der Waals surface area contributed by atoms with Gasteiger partial charge < -0.3 is 0 Å². The summed E-state index contributed by atoms with van der Waals surface area (Å²) in [5.74, 6) is 0.123. The Morgan fingerprint density at radius 1 is 1.19 bits per heavy atom. The summed E-state index contributed by atoms with van der Waals surface area (Å²) in [6.45, 7) is 2.01. The first kappa shape index (κ1) is 16.4. The summed E-state index contributed by atoms with van der Waals surface area (Å²) in [4.78, 5) is 11.5. The number of hydrogen-bond donors (Lipinski definition) is 0. The zero-order valence-corrected chi connectivity index (χ0v) is 14.2. The van der Waals surface area contributed by atoms with E-state index in [2.05, 4.69) is 15.9 Å². The van der Waals surface area contributed by atoms with E-state index < -0.39 is 10.1 Å². The predicted molar refractivity (Wildman–Crippen MR) is 83.7 cm³/mol. The number of Topliss-reactive ketones (excluding diaryl/α,β-unsaturated/α-hetero) is 1. The number of aryl methyl sites for hydroxylation is 1. The Morgan fingerprint density at radius 3 is 2.43 bits per heavy atom. The lowest BCUT2D eigenvalue weighted by Gasteiger charge is -2.06. The molecule has 0 atom stereocenters. The summed E-state index contributed by atoms with van der Waals surface area (Å²) >= 11 is 3.28. The molecular weight excluding hydrogens is 356 g/mol. The zero-order valence-electron chi connectivity index (χ0n) is 11.8. The molecule has 0 N–H and O–H groups in total. The summed E-state index contributed by atoms with van der Waals surface area (Å²) in [5, 5.41) is 0. The van der Waals surface area contributed by atoms with Crippen molar-refractivity contribution in [1.29, 1.82) is 0 Å². The lowest BCUT2D eigenvalue weighted by atomic mass is 10.1. The number of halogens is 1. The molecule has 21 heavy (non-hydrogen) atoms. The van der Waals surface area contributed by atoms with Gasteiger partial charge in [-0.1, -0.05) is 23.3 Å². The molecule has 0 amide bonds. The number of allylic oxidation sites excluding steroid dienone is 2. The maximum Gasteiger partial charge on any atom is 0.296 e. The van der Waals surface area contributed by atoms with Crippen molar-refractivity contribution in [3.05, 3.63) is 39.9 Å². The normalized spacial score (nSPS) is 15.8. The Bertz CT molecular complexity index is 659. The fourth-order valence-corrected chi connectivity index (χ4v) is 3.68. The highest BCUT2D eigenvalue weighted by molar-refractivity contribution is 9.12. The van der Waals surface area contributed by atoms with Crippen molar-refractivity contribution < 1.29 is 17.4 Å². The van der Waals surface area contributed by atoms with Gasteiger partial charge in [-0.25, -0.2) is 0 Å². The van der Waals surface area contributed by atoms with Crippen molar-refractivity contribution in [2.24, 2.45) is 0 Å². The molecule has 0 spiro atoms. The van der Waals surface area contributed by atoms with Crippen LogP contribution in [-0.4, -0.2) is 20.8 Å². The fourth-order valence-electron chi connectivity index (χ4n) is 2.14. The van der Waals surface area contributed by atoms with E-state index in [0.717, 1.165) is 17.6 Å². The number of carbonyl (C=O) groups is 1. The van der Waals surface area contributed by atoms with Crippen LogP contribution in [0.1, 0.15) is 31.2 Å². The first-order valence-electron chi connectivity index (χ1n) is 6.77. The van der Waals surface area contributed by atoms with E-state index in [4.69, 9.17) is 4.18 Å². The third kappa shape index (κ3) is 4.25. The van der Waals surface area contributed by atoms with Crippen LogP contribution in [0.25, 0.3) is 0 Å². The van der Waals surface area contributed by atoms with Crippen LogP contribution in [0.3, 0.4) is 0 Å². The van der Waals surface area contributed by atoms with E-state index in [1.807, 2.05) is 6.92 Å². The van der Waals surface area contributed by atoms with Crippen LogP contribution in [0, 0.1) is 6.92 Å². The van der Waals surface area contributed by atoms with E-state index in [1.54, 1.807) is 24.3 Å². The molecule has 0 bridgehead atoms. The smallest absolute Gasteiger partial charge is 0.294 e. The Hall–Kier alpha value is -0.980. The number of rotatable bonds is 6. The Labute approximate surface area is 133 Å². The Balaban J connectivity index is 1.86. The van der Waals surface area contributed by atoms with Crippen molar-refractivity contribution in [3.63, 3.8) is 0 Å². The van der Waals surface area contributed by atoms with Gasteiger partial charge in [0.1, 0.15) is 0 Å². The van der Waals surface area contributed by atoms with Crippen LogP contribution in [-0.2, 0) is 19.1 Å². The van der Waals surface area contributed by atoms with Gasteiger partial charge in [0.25, 0.3) is 10.1 Å². The highest BCUT2D eigenvalue weighted by Crippen LogP contribution is 2.30. The lowest BCUT2D eigenvalue weighted by molar-refractivity contribution is -0.114. The minimum absolute atomic E-state index is 0.119. The van der Waals surface area contributed by atoms with Gasteiger partial charge in [0, 0.05) is 6.42 Å². The van der Waals surface area contributed by atoms with Crippen LogP contribution in [0.15, 0.2) is 39.2 Å². The number of benzene rings is 1. The molecule has 0 unspecified atom stereocenters. The summed E-state index contributed by atoms with van der Waals surface area (Å²) in [5.41, 5.74) is 2.05. The third-order valence-electron chi connectivity index (χ3n) is 3.38. The standard InChI is InChI=1S/C15H17BrO4S/c1-11-4-7-13(8-5-11)21(18,19)20-10-2-3-12-6-9-14(17)15(12)16/h4-5,7-8H,2-3,6,9-10H2,1H3. The minimum Gasteiger partial charge on any atom is -0.294 e. The molecule has 0 saturated heterocycles. The summed E-state index contributed by atoms with van der Waals surface area (Å²) in [6.07, 6.45) is 2.54. The highest BCUT2D eigenvalue weighted by Gasteiger charge is 2.20. The highest BCUT2D eigenvalue weighted by atomic mass is 79.9.